The molecule has 0 saturated heterocycles. The van der Waals surface area contributed by atoms with E-state index < -0.39 is 15.8 Å². The topological polar surface area (TPSA) is 115 Å². The Morgan fingerprint density at radius 2 is 1.68 bits per heavy atom. The van der Waals surface area contributed by atoms with Crippen LogP contribution in [0.25, 0.3) is 0 Å². The van der Waals surface area contributed by atoms with Gasteiger partial charge in [-0.05, 0) is 115 Å². The highest BCUT2D eigenvalue weighted by Crippen LogP contribution is 2.75. The second-order valence-corrected chi connectivity index (χ2v) is 17.5. The van der Waals surface area contributed by atoms with Crippen LogP contribution >= 0.6 is 0 Å². The number of ether oxygens (including phenoxy) is 1. The number of nitro groups is 1. The van der Waals surface area contributed by atoms with Crippen LogP contribution < -0.4 is 0 Å². The maximum absolute atomic E-state index is 14.3. The number of rotatable bonds is 5. The lowest BCUT2D eigenvalue weighted by Gasteiger charge is -2.70. The number of carbonyl (C=O) groups excluding carboxylic acids is 1. The van der Waals surface area contributed by atoms with Gasteiger partial charge in [-0.3, -0.25) is 24.9 Å². The molecule has 47 heavy (non-hydrogen) atoms. The van der Waals surface area contributed by atoms with Gasteiger partial charge in [-0.25, -0.2) is 0 Å². The van der Waals surface area contributed by atoms with Crippen molar-refractivity contribution in [3.8, 4) is 0 Å². The van der Waals surface area contributed by atoms with E-state index in [0.29, 0.717) is 11.8 Å². The van der Waals surface area contributed by atoms with Gasteiger partial charge in [-0.1, -0.05) is 53.2 Å². The number of nitro benzene ring substituents is 1. The van der Waals surface area contributed by atoms with E-state index in [-0.39, 0.29) is 52.4 Å². The summed E-state index contributed by atoms with van der Waals surface area (Å²) in [5.74, 6) is 0.745. The third kappa shape index (κ3) is 4.52. The highest BCUT2D eigenvalue weighted by atomic mass is 16.6. The van der Waals surface area contributed by atoms with Crippen molar-refractivity contribution in [2.45, 2.75) is 111 Å². The molecule has 2 aromatic rings. The van der Waals surface area contributed by atoms with Gasteiger partial charge in [0.1, 0.15) is 6.61 Å². The molecule has 0 spiro atoms. The summed E-state index contributed by atoms with van der Waals surface area (Å²) < 4.78 is 6.12. The Morgan fingerprint density at radius 3 is 2.38 bits per heavy atom. The van der Waals surface area contributed by atoms with Crippen LogP contribution in [-0.2, 0) is 28.0 Å². The van der Waals surface area contributed by atoms with E-state index in [1.807, 2.05) is 0 Å². The van der Waals surface area contributed by atoms with Crippen molar-refractivity contribution in [1.29, 1.82) is 0 Å². The third-order valence-electron chi connectivity index (χ3n) is 14.8. The van der Waals surface area contributed by atoms with Crippen molar-refractivity contribution in [2.24, 2.45) is 44.8 Å². The molecule has 0 bridgehead atoms. The summed E-state index contributed by atoms with van der Waals surface area (Å²) >= 11 is 0. The summed E-state index contributed by atoms with van der Waals surface area (Å²) in [7, 11) is 0. The lowest BCUT2D eigenvalue weighted by molar-refractivity contribution is -0.384. The summed E-state index contributed by atoms with van der Waals surface area (Å²) in [6.07, 6.45) is 14.6. The van der Waals surface area contributed by atoms with Crippen LogP contribution in [0.4, 0.5) is 5.69 Å². The first-order valence-electron chi connectivity index (χ1n) is 17.7. The number of aliphatic hydroxyl groups excluding tert-OH is 1. The van der Waals surface area contributed by atoms with E-state index in [9.17, 15) is 20.0 Å². The number of allylic oxidation sites excluding steroid dienone is 2. The standard InChI is InChI=1S/C39H51N3O5/c1-34(2)15-17-39(33(44)47-23-25-7-9-26(10-8-25)42(45)46)18-16-37(5)27(28(39)21-34)11-12-31-35(3)22-29-32(41-20-19-40-29)36(4,24-43)30(35)13-14-38(31,37)6/h7-11,19-20,28,30-31,43H,12-18,21-24H2,1-6H3/t28-,30+,31+,35-,36-,37+,38+,39-/m0/s1. The van der Waals surface area contributed by atoms with Crippen LogP contribution in [-0.4, -0.2) is 32.6 Å². The lowest BCUT2D eigenvalue weighted by atomic mass is 9.33. The monoisotopic (exact) mass is 641 g/mol. The Kier molecular flexibility index (Phi) is 7.37. The van der Waals surface area contributed by atoms with Crippen LogP contribution in [0, 0.1) is 54.9 Å². The molecule has 8 atom stereocenters. The second-order valence-electron chi connectivity index (χ2n) is 17.5. The Hall–Kier alpha value is -3.13. The molecule has 5 aliphatic carbocycles. The summed E-state index contributed by atoms with van der Waals surface area (Å²) in [5, 5.41) is 22.0. The van der Waals surface area contributed by atoms with Crippen molar-refractivity contribution in [2.75, 3.05) is 6.61 Å². The van der Waals surface area contributed by atoms with Crippen molar-refractivity contribution < 1.29 is 19.6 Å². The minimum Gasteiger partial charge on any atom is -0.460 e. The molecule has 7 rings (SSSR count). The number of esters is 1. The molecule has 1 aromatic carbocycles. The predicted molar refractivity (Wildman–Crippen MR) is 179 cm³/mol. The maximum Gasteiger partial charge on any atom is 0.313 e. The quantitative estimate of drug-likeness (QED) is 0.153. The van der Waals surface area contributed by atoms with E-state index in [1.54, 1.807) is 24.5 Å². The van der Waals surface area contributed by atoms with E-state index >= 15 is 0 Å². The van der Waals surface area contributed by atoms with Crippen LogP contribution in [0.15, 0.2) is 48.3 Å². The zero-order valence-corrected chi connectivity index (χ0v) is 29.0. The zero-order valence-electron chi connectivity index (χ0n) is 29.0. The molecule has 0 aliphatic heterocycles. The minimum atomic E-state index is -0.555. The van der Waals surface area contributed by atoms with Crippen LogP contribution in [0.2, 0.25) is 0 Å². The molecule has 3 saturated carbocycles. The molecule has 0 unspecified atom stereocenters. The highest BCUT2D eigenvalue weighted by molar-refractivity contribution is 5.79. The smallest absolute Gasteiger partial charge is 0.313 e. The number of aliphatic hydroxyl groups is 1. The van der Waals surface area contributed by atoms with Crippen molar-refractivity contribution in [3.63, 3.8) is 0 Å². The summed E-state index contributed by atoms with van der Waals surface area (Å²) in [6.45, 7) is 14.6. The normalized spacial score (nSPS) is 40.0. The van der Waals surface area contributed by atoms with Gasteiger partial charge in [0.05, 0.1) is 28.3 Å². The number of non-ortho nitro benzene ring substituents is 1. The number of carbonyl (C=O) groups is 1. The Balaban J connectivity index is 1.23. The Bertz CT molecular complexity index is 1640. The third-order valence-corrected chi connectivity index (χ3v) is 14.8. The number of hydrogen-bond acceptors (Lipinski definition) is 7. The van der Waals surface area contributed by atoms with Gasteiger partial charge >= 0.3 is 5.97 Å². The molecule has 0 amide bonds. The fourth-order valence-electron chi connectivity index (χ4n) is 12.0. The molecular weight excluding hydrogens is 590 g/mol. The first-order chi connectivity index (χ1) is 22.1. The molecule has 3 fully saturated rings. The van der Waals surface area contributed by atoms with Gasteiger partial charge in [-0.2, -0.15) is 0 Å². The van der Waals surface area contributed by atoms with E-state index in [2.05, 4.69) is 47.6 Å². The Morgan fingerprint density at radius 1 is 0.979 bits per heavy atom. The largest absolute Gasteiger partial charge is 0.460 e. The lowest BCUT2D eigenvalue weighted by Crippen LogP contribution is -2.65. The van der Waals surface area contributed by atoms with Gasteiger partial charge < -0.3 is 9.84 Å². The van der Waals surface area contributed by atoms with Crippen molar-refractivity contribution in [3.05, 3.63) is 75.4 Å². The average Bonchev–Trinajstić information content (AvgIpc) is 3.03. The van der Waals surface area contributed by atoms with E-state index in [0.717, 1.165) is 74.7 Å². The zero-order chi connectivity index (χ0) is 33.6. The average molecular weight is 642 g/mol. The molecule has 5 aliphatic rings. The molecule has 1 N–H and O–H groups in total. The highest BCUT2D eigenvalue weighted by Gasteiger charge is 2.69. The molecule has 1 aromatic heterocycles. The van der Waals surface area contributed by atoms with E-state index in [1.165, 1.54) is 17.7 Å². The van der Waals surface area contributed by atoms with Crippen molar-refractivity contribution >= 4 is 11.7 Å². The molecule has 8 heteroatoms. The predicted octanol–water partition coefficient (Wildman–Crippen LogP) is 7.92. The first-order valence-corrected chi connectivity index (χ1v) is 17.7. The minimum absolute atomic E-state index is 0.0325. The summed E-state index contributed by atoms with van der Waals surface area (Å²) in [5.41, 5.74) is 3.38. The maximum atomic E-state index is 14.3. The Labute approximate surface area is 279 Å². The number of aromatic nitrogens is 2. The second kappa shape index (κ2) is 10.7. The number of benzene rings is 1. The van der Waals surface area contributed by atoms with Crippen LogP contribution in [0.5, 0.6) is 0 Å². The van der Waals surface area contributed by atoms with Gasteiger partial charge in [0.2, 0.25) is 0 Å². The summed E-state index contributed by atoms with van der Waals surface area (Å²) in [6, 6.07) is 6.31. The fraction of sp³-hybridized carbons (Fsp3) is 0.667. The van der Waals surface area contributed by atoms with Crippen LogP contribution in [0.3, 0.4) is 0 Å². The van der Waals surface area contributed by atoms with Crippen molar-refractivity contribution in [1.82, 2.24) is 9.97 Å². The van der Waals surface area contributed by atoms with Gasteiger partial charge in [0.15, 0.2) is 0 Å². The van der Waals surface area contributed by atoms with Gasteiger partial charge in [0.25, 0.3) is 5.69 Å². The van der Waals surface area contributed by atoms with Gasteiger partial charge in [0, 0.05) is 29.9 Å². The van der Waals surface area contributed by atoms with E-state index in [4.69, 9.17) is 14.7 Å². The van der Waals surface area contributed by atoms with Crippen LogP contribution in [0.1, 0.15) is 110 Å². The molecule has 252 valence electrons. The SMILES string of the molecule is CC1(C)CC[C@]2(C(=O)OCc3ccc([N+](=O)[O-])cc3)CC[C@]3(C)C(=CC[C@@H]4[C@@]5(C)Cc6nccnc6[C@@](C)(CO)[C@@H]5CC[C@]43C)[C@@H]2C1. The molecule has 1 heterocycles. The number of hydrogen-bond donors (Lipinski definition) is 1. The fourth-order valence-corrected chi connectivity index (χ4v) is 12.0. The molecular formula is C39H51N3O5. The first kappa shape index (κ1) is 32.4. The molecule has 0 radical (unpaired) electrons. The molecule has 8 nitrogen and oxygen atoms in total. The number of fused-ring (bicyclic) bond motifs is 8. The van der Waals surface area contributed by atoms with Gasteiger partial charge in [-0.15, -0.1) is 0 Å². The summed E-state index contributed by atoms with van der Waals surface area (Å²) in [4.78, 5) is 34.7. The number of nitrogens with zero attached hydrogens (tertiary/aromatic N) is 3.